The van der Waals surface area contributed by atoms with Crippen molar-refractivity contribution in [2.45, 2.75) is 32.4 Å². The molecule has 34 heavy (non-hydrogen) atoms. The number of aromatic nitrogens is 1. The lowest BCUT2D eigenvalue weighted by molar-refractivity contribution is -0.688. The van der Waals surface area contributed by atoms with Crippen molar-refractivity contribution in [3.05, 3.63) is 144 Å². The number of pyridine rings is 1. The van der Waals surface area contributed by atoms with Crippen LogP contribution in [0.4, 0.5) is 0 Å². The molecule has 4 aromatic rings. The van der Waals surface area contributed by atoms with Crippen LogP contribution in [-0.2, 0) is 6.54 Å². The lowest BCUT2D eigenvalue weighted by Crippen LogP contribution is -2.38. The Morgan fingerprint density at radius 2 is 1.41 bits per heavy atom. The van der Waals surface area contributed by atoms with Crippen LogP contribution >= 0.6 is 0 Å². The quantitative estimate of drug-likeness (QED) is 0.315. The Morgan fingerprint density at radius 3 is 2.15 bits per heavy atom. The molecule has 1 aliphatic heterocycles. The van der Waals surface area contributed by atoms with Gasteiger partial charge in [-0.05, 0) is 47.4 Å². The van der Waals surface area contributed by atoms with E-state index in [4.69, 9.17) is 0 Å². The monoisotopic (exact) mass is 443 g/mol. The fourth-order valence-corrected chi connectivity index (χ4v) is 4.93. The van der Waals surface area contributed by atoms with Crippen LogP contribution in [-0.4, -0.2) is 0 Å². The average Bonchev–Trinajstić information content (AvgIpc) is 2.90. The number of benzene rings is 3. The zero-order valence-electron chi connectivity index (χ0n) is 19.9. The summed E-state index contributed by atoms with van der Waals surface area (Å²) in [5.74, 6) is 0.362. The highest BCUT2D eigenvalue weighted by molar-refractivity contribution is 5.79. The third kappa shape index (κ3) is 4.58. The number of hydrogen-bond donors (Lipinski definition) is 1. The zero-order chi connectivity index (χ0) is 23.3. The number of allylic oxidation sites excluding steroid dienone is 2. The summed E-state index contributed by atoms with van der Waals surface area (Å²) in [7, 11) is 0. The average molecular weight is 444 g/mol. The Balaban J connectivity index is 1.41. The number of dihydropyridines is 1. The van der Waals surface area contributed by atoms with Gasteiger partial charge in [0.05, 0.1) is 6.04 Å². The molecule has 0 radical (unpaired) electrons. The molecule has 0 saturated carbocycles. The molecule has 0 saturated heterocycles. The molecule has 2 heteroatoms. The summed E-state index contributed by atoms with van der Waals surface area (Å²) in [6, 6.07) is 36.7. The van der Waals surface area contributed by atoms with Crippen LogP contribution in [0.3, 0.4) is 0 Å². The topological polar surface area (TPSA) is 15.9 Å². The van der Waals surface area contributed by atoms with E-state index in [2.05, 4.69) is 145 Å². The minimum absolute atomic E-state index is 0.167. The van der Waals surface area contributed by atoms with E-state index in [1.807, 2.05) is 0 Å². The van der Waals surface area contributed by atoms with Gasteiger partial charge in [-0.1, -0.05) is 85.8 Å². The standard InChI is InChI=1S/C32H31N2/c1-24-21-31(33-22-30(24)26-13-5-3-6-14-26)29-18-10-9-17-28(29)25(2)23-34-20-12-11-19-32(34)27-15-7-4-8-16-27/h3-22,25,31,33H,23H2,1-2H3/q+1. The van der Waals surface area contributed by atoms with Crippen molar-refractivity contribution in [2.24, 2.45) is 0 Å². The smallest absolute Gasteiger partial charge is 0.212 e. The molecule has 168 valence electrons. The van der Waals surface area contributed by atoms with E-state index >= 15 is 0 Å². The van der Waals surface area contributed by atoms with Gasteiger partial charge in [0.2, 0.25) is 5.69 Å². The van der Waals surface area contributed by atoms with E-state index in [0.29, 0.717) is 5.92 Å². The SMILES string of the molecule is CC1=CC(c2ccccc2C(C)C[n+]2ccccc2-c2ccccc2)NC=C1c1ccccc1. The van der Waals surface area contributed by atoms with Gasteiger partial charge >= 0.3 is 0 Å². The molecule has 1 N–H and O–H groups in total. The first-order valence-electron chi connectivity index (χ1n) is 12.0. The molecular weight excluding hydrogens is 412 g/mol. The van der Waals surface area contributed by atoms with Crippen LogP contribution < -0.4 is 9.88 Å². The van der Waals surface area contributed by atoms with E-state index in [1.54, 1.807) is 0 Å². The van der Waals surface area contributed by atoms with E-state index in [-0.39, 0.29) is 6.04 Å². The second-order valence-electron chi connectivity index (χ2n) is 9.05. The predicted molar refractivity (Wildman–Crippen MR) is 141 cm³/mol. The Bertz CT molecular complexity index is 1320. The Morgan fingerprint density at radius 1 is 0.765 bits per heavy atom. The highest BCUT2D eigenvalue weighted by atomic mass is 15.0. The summed E-state index contributed by atoms with van der Waals surface area (Å²) in [5, 5.41) is 3.67. The molecule has 5 rings (SSSR count). The molecule has 2 heterocycles. The number of nitrogens with zero attached hydrogens (tertiary/aromatic N) is 1. The molecule has 0 aliphatic carbocycles. The molecular formula is C32H31N2+. The number of hydrogen-bond acceptors (Lipinski definition) is 1. The highest BCUT2D eigenvalue weighted by Gasteiger charge is 2.23. The van der Waals surface area contributed by atoms with Gasteiger partial charge in [-0.15, -0.1) is 0 Å². The Kier molecular flexibility index (Phi) is 6.40. The molecule has 1 aromatic heterocycles. The van der Waals surface area contributed by atoms with Crippen molar-refractivity contribution in [3.63, 3.8) is 0 Å². The van der Waals surface area contributed by atoms with E-state index < -0.39 is 0 Å². The first-order chi connectivity index (χ1) is 16.7. The number of nitrogens with one attached hydrogen (secondary N) is 1. The van der Waals surface area contributed by atoms with Gasteiger partial charge in [-0.2, -0.15) is 4.57 Å². The van der Waals surface area contributed by atoms with Crippen LogP contribution in [0.1, 0.15) is 42.5 Å². The van der Waals surface area contributed by atoms with Gasteiger partial charge in [0.25, 0.3) is 0 Å². The summed E-state index contributed by atoms with van der Waals surface area (Å²) in [4.78, 5) is 0. The van der Waals surface area contributed by atoms with Gasteiger partial charge in [-0.25, -0.2) is 0 Å². The third-order valence-corrected chi connectivity index (χ3v) is 6.68. The van der Waals surface area contributed by atoms with Gasteiger partial charge in [0.15, 0.2) is 12.7 Å². The second kappa shape index (κ2) is 9.93. The van der Waals surface area contributed by atoms with Crippen molar-refractivity contribution in [1.29, 1.82) is 0 Å². The highest BCUT2D eigenvalue weighted by Crippen LogP contribution is 2.33. The maximum atomic E-state index is 3.67. The molecule has 3 aromatic carbocycles. The van der Waals surface area contributed by atoms with Gasteiger partial charge in [-0.3, -0.25) is 0 Å². The minimum atomic E-state index is 0.167. The summed E-state index contributed by atoms with van der Waals surface area (Å²) >= 11 is 0. The Hall–Kier alpha value is -3.91. The van der Waals surface area contributed by atoms with Crippen LogP contribution in [0.2, 0.25) is 0 Å². The van der Waals surface area contributed by atoms with Gasteiger partial charge in [0, 0.05) is 35.4 Å². The van der Waals surface area contributed by atoms with Gasteiger partial charge < -0.3 is 5.32 Å². The van der Waals surface area contributed by atoms with Crippen molar-refractivity contribution in [2.75, 3.05) is 0 Å². The van der Waals surface area contributed by atoms with Crippen LogP contribution in [0.25, 0.3) is 16.8 Å². The van der Waals surface area contributed by atoms with Crippen LogP contribution in [0, 0.1) is 0 Å². The normalized spacial score (nSPS) is 16.2. The van der Waals surface area contributed by atoms with Crippen molar-refractivity contribution in [1.82, 2.24) is 5.32 Å². The number of rotatable bonds is 6. The summed E-state index contributed by atoms with van der Waals surface area (Å²) in [6.07, 6.45) is 6.73. The lowest BCUT2D eigenvalue weighted by Gasteiger charge is -2.26. The van der Waals surface area contributed by atoms with E-state index in [9.17, 15) is 0 Å². The minimum Gasteiger partial charge on any atom is -0.380 e. The van der Waals surface area contributed by atoms with Crippen molar-refractivity contribution >= 4 is 5.57 Å². The van der Waals surface area contributed by atoms with Gasteiger partial charge in [0.1, 0.15) is 0 Å². The molecule has 0 bridgehead atoms. The molecule has 1 aliphatic rings. The van der Waals surface area contributed by atoms with E-state index in [1.165, 1.54) is 39.1 Å². The third-order valence-electron chi connectivity index (χ3n) is 6.68. The maximum Gasteiger partial charge on any atom is 0.212 e. The largest absolute Gasteiger partial charge is 0.380 e. The summed E-state index contributed by atoms with van der Waals surface area (Å²) in [5.41, 5.74) is 9.03. The van der Waals surface area contributed by atoms with E-state index in [0.717, 1.165) is 6.54 Å². The summed E-state index contributed by atoms with van der Waals surface area (Å²) in [6.45, 7) is 5.46. The Labute approximate surface area is 202 Å². The molecule has 2 atom stereocenters. The lowest BCUT2D eigenvalue weighted by atomic mass is 9.88. The van der Waals surface area contributed by atoms with Crippen LogP contribution in [0.5, 0.6) is 0 Å². The first kappa shape index (κ1) is 21.9. The fraction of sp³-hybridized carbons (Fsp3) is 0.156. The fourth-order valence-electron chi connectivity index (χ4n) is 4.93. The molecule has 2 nitrogen and oxygen atoms in total. The zero-order valence-corrected chi connectivity index (χ0v) is 19.9. The van der Waals surface area contributed by atoms with Crippen molar-refractivity contribution in [3.8, 4) is 11.3 Å². The van der Waals surface area contributed by atoms with Crippen molar-refractivity contribution < 1.29 is 4.57 Å². The maximum absolute atomic E-state index is 3.67. The second-order valence-corrected chi connectivity index (χ2v) is 9.05. The molecule has 0 amide bonds. The first-order valence-corrected chi connectivity index (χ1v) is 12.0. The summed E-state index contributed by atoms with van der Waals surface area (Å²) < 4.78 is 2.37. The van der Waals surface area contributed by atoms with Crippen LogP contribution in [0.15, 0.2) is 127 Å². The predicted octanol–water partition coefficient (Wildman–Crippen LogP) is 7.08. The molecule has 2 unspecified atom stereocenters. The molecule has 0 spiro atoms. The molecule has 0 fully saturated rings.